The number of imidazole rings is 1. The Hall–Kier alpha value is -2.21. The smallest absolute Gasteiger partial charge is 0.202 e. The third-order valence-corrected chi connectivity index (χ3v) is 3.34. The highest BCUT2D eigenvalue weighted by Crippen LogP contribution is 2.20. The number of nitrogens with one attached hydrogen (secondary N) is 1. The summed E-state index contributed by atoms with van der Waals surface area (Å²) < 4.78 is 6.37. The monoisotopic (exact) mass is 271 g/mol. The Morgan fingerprint density at radius 2 is 2.11 bits per heavy atom. The Bertz CT molecular complexity index is 618. The molecule has 2 heterocycles. The van der Waals surface area contributed by atoms with Crippen molar-refractivity contribution >= 4 is 16.7 Å². The van der Waals surface area contributed by atoms with Crippen molar-refractivity contribution in [1.82, 2.24) is 18.9 Å². The number of anilines is 1. The van der Waals surface area contributed by atoms with E-state index < -0.39 is 0 Å². The molecule has 3 rings (SSSR count). The second-order valence-corrected chi connectivity index (χ2v) is 4.77. The van der Waals surface area contributed by atoms with Gasteiger partial charge in [0.05, 0.1) is 6.33 Å². The Balaban J connectivity index is 1.59. The number of hydrogen-bond donors (Lipinski definition) is 1. The maximum absolute atomic E-state index is 4.47. The first kappa shape index (κ1) is 11.9. The van der Waals surface area contributed by atoms with E-state index in [-0.39, 0.29) is 0 Å². The van der Waals surface area contributed by atoms with Gasteiger partial charge in [0, 0.05) is 42.6 Å². The fraction of sp³-hybridized carbons (Fsp3) is 0.154. The summed E-state index contributed by atoms with van der Waals surface area (Å²) in [4.78, 5) is 8.47. The Kier molecular flexibility index (Phi) is 3.51. The fourth-order valence-electron chi connectivity index (χ4n) is 1.71. The van der Waals surface area contributed by atoms with Gasteiger partial charge in [-0.25, -0.2) is 4.98 Å². The molecule has 5 nitrogen and oxygen atoms in total. The molecule has 0 aliphatic rings. The molecule has 0 aliphatic heterocycles. The molecule has 19 heavy (non-hydrogen) atoms. The van der Waals surface area contributed by atoms with Crippen LogP contribution in [0.2, 0.25) is 0 Å². The topological polar surface area (TPSA) is 55.6 Å². The van der Waals surface area contributed by atoms with Gasteiger partial charge in [0.15, 0.2) is 5.82 Å². The highest BCUT2D eigenvalue weighted by atomic mass is 32.1. The van der Waals surface area contributed by atoms with Crippen molar-refractivity contribution in [2.45, 2.75) is 6.54 Å². The van der Waals surface area contributed by atoms with E-state index >= 15 is 0 Å². The summed E-state index contributed by atoms with van der Waals surface area (Å²) in [5.41, 5.74) is 1.04. The lowest BCUT2D eigenvalue weighted by atomic mass is 10.2. The summed E-state index contributed by atoms with van der Waals surface area (Å²) in [5, 5.41) is 4.12. The summed E-state index contributed by atoms with van der Waals surface area (Å²) in [7, 11) is 0. The van der Waals surface area contributed by atoms with Crippen molar-refractivity contribution in [3.63, 3.8) is 0 Å². The number of aromatic nitrogens is 4. The Morgan fingerprint density at radius 1 is 1.21 bits per heavy atom. The summed E-state index contributed by atoms with van der Waals surface area (Å²) in [6, 6.07) is 9.99. The Labute approximate surface area is 115 Å². The summed E-state index contributed by atoms with van der Waals surface area (Å²) in [6.45, 7) is 1.67. The molecule has 0 saturated heterocycles. The fourth-order valence-corrected chi connectivity index (χ4v) is 2.32. The quantitative estimate of drug-likeness (QED) is 0.774. The van der Waals surface area contributed by atoms with Crippen molar-refractivity contribution < 1.29 is 0 Å². The van der Waals surface area contributed by atoms with Crippen LogP contribution in [0, 0.1) is 0 Å². The minimum atomic E-state index is 0.774. The molecule has 0 spiro atoms. The minimum Gasteiger partial charge on any atom is -0.358 e. The second kappa shape index (κ2) is 5.62. The van der Waals surface area contributed by atoms with Gasteiger partial charge < -0.3 is 9.88 Å². The lowest BCUT2D eigenvalue weighted by molar-refractivity contribution is 0.726. The molecule has 0 atom stereocenters. The first-order valence-corrected chi connectivity index (χ1v) is 6.78. The molecule has 0 radical (unpaired) electrons. The molecule has 6 heteroatoms. The van der Waals surface area contributed by atoms with Gasteiger partial charge in [-0.05, 0) is 0 Å². The lowest BCUT2D eigenvalue weighted by Crippen LogP contribution is -2.08. The highest BCUT2D eigenvalue weighted by Gasteiger charge is 2.05. The first-order valence-electron chi connectivity index (χ1n) is 6.00. The van der Waals surface area contributed by atoms with E-state index in [1.165, 1.54) is 11.5 Å². The van der Waals surface area contributed by atoms with Gasteiger partial charge in [-0.3, -0.25) is 0 Å². The van der Waals surface area contributed by atoms with E-state index in [0.717, 1.165) is 29.6 Å². The second-order valence-electron chi connectivity index (χ2n) is 4.02. The SMILES string of the molecule is c1ccc(-c2nsc(NCCn3ccnc3)n2)cc1. The average molecular weight is 271 g/mol. The van der Waals surface area contributed by atoms with Crippen LogP contribution in [0.4, 0.5) is 5.13 Å². The molecular formula is C13H13N5S. The summed E-state index contributed by atoms with van der Waals surface area (Å²) >= 11 is 1.38. The molecule has 3 aromatic rings. The number of benzene rings is 1. The van der Waals surface area contributed by atoms with Crippen LogP contribution in [-0.4, -0.2) is 25.5 Å². The van der Waals surface area contributed by atoms with Crippen LogP contribution < -0.4 is 5.32 Å². The predicted octanol–water partition coefficient (Wildman–Crippen LogP) is 2.51. The van der Waals surface area contributed by atoms with Gasteiger partial charge in [-0.2, -0.15) is 9.36 Å². The number of hydrogen-bond acceptors (Lipinski definition) is 5. The van der Waals surface area contributed by atoms with E-state index in [1.54, 1.807) is 12.5 Å². The zero-order valence-electron chi connectivity index (χ0n) is 10.2. The van der Waals surface area contributed by atoms with Crippen LogP contribution >= 0.6 is 11.5 Å². The molecule has 0 aliphatic carbocycles. The van der Waals surface area contributed by atoms with Crippen molar-refractivity contribution in [2.24, 2.45) is 0 Å². The summed E-state index contributed by atoms with van der Waals surface area (Å²) in [5.74, 6) is 0.774. The minimum absolute atomic E-state index is 0.774. The van der Waals surface area contributed by atoms with E-state index in [9.17, 15) is 0 Å². The van der Waals surface area contributed by atoms with E-state index in [0.29, 0.717) is 0 Å². The van der Waals surface area contributed by atoms with Gasteiger partial charge in [0.1, 0.15) is 0 Å². The molecular weight excluding hydrogens is 258 g/mol. The number of nitrogens with zero attached hydrogens (tertiary/aromatic N) is 4. The average Bonchev–Trinajstić information content (AvgIpc) is 3.11. The molecule has 2 aromatic heterocycles. The first-order chi connectivity index (χ1) is 9.42. The molecule has 0 saturated carbocycles. The van der Waals surface area contributed by atoms with Crippen LogP contribution in [0.15, 0.2) is 49.1 Å². The van der Waals surface area contributed by atoms with E-state index in [4.69, 9.17) is 0 Å². The maximum Gasteiger partial charge on any atom is 0.202 e. The van der Waals surface area contributed by atoms with Crippen LogP contribution in [0.5, 0.6) is 0 Å². The van der Waals surface area contributed by atoms with Crippen LogP contribution in [0.3, 0.4) is 0 Å². The molecule has 0 amide bonds. The van der Waals surface area contributed by atoms with Crippen LogP contribution in [-0.2, 0) is 6.54 Å². The van der Waals surface area contributed by atoms with Gasteiger partial charge in [-0.1, -0.05) is 30.3 Å². The van der Waals surface area contributed by atoms with Gasteiger partial charge in [0.2, 0.25) is 5.13 Å². The normalized spacial score (nSPS) is 10.5. The molecule has 0 bridgehead atoms. The van der Waals surface area contributed by atoms with Crippen LogP contribution in [0.25, 0.3) is 11.4 Å². The van der Waals surface area contributed by atoms with Crippen molar-refractivity contribution in [2.75, 3.05) is 11.9 Å². The van der Waals surface area contributed by atoms with Crippen molar-refractivity contribution in [3.05, 3.63) is 49.1 Å². The zero-order chi connectivity index (χ0) is 12.9. The van der Waals surface area contributed by atoms with Gasteiger partial charge in [-0.15, -0.1) is 0 Å². The third-order valence-electron chi connectivity index (χ3n) is 2.66. The van der Waals surface area contributed by atoms with Crippen molar-refractivity contribution in [3.8, 4) is 11.4 Å². The molecule has 1 N–H and O–H groups in total. The predicted molar refractivity (Wildman–Crippen MR) is 76.1 cm³/mol. The molecule has 96 valence electrons. The number of rotatable bonds is 5. The maximum atomic E-state index is 4.47. The van der Waals surface area contributed by atoms with Gasteiger partial charge in [0.25, 0.3) is 0 Å². The zero-order valence-corrected chi connectivity index (χ0v) is 11.0. The van der Waals surface area contributed by atoms with Crippen molar-refractivity contribution in [1.29, 1.82) is 0 Å². The van der Waals surface area contributed by atoms with E-state index in [2.05, 4.69) is 19.7 Å². The molecule has 0 fully saturated rings. The van der Waals surface area contributed by atoms with E-state index in [1.807, 2.05) is 41.1 Å². The van der Waals surface area contributed by atoms with Gasteiger partial charge >= 0.3 is 0 Å². The Morgan fingerprint density at radius 3 is 2.89 bits per heavy atom. The standard InChI is InChI=1S/C13H13N5S/c1-2-4-11(5-3-1)12-16-13(19-17-12)15-7-9-18-8-6-14-10-18/h1-6,8,10H,7,9H2,(H,15,16,17). The lowest BCUT2D eigenvalue weighted by Gasteiger charge is -2.02. The highest BCUT2D eigenvalue weighted by molar-refractivity contribution is 7.09. The third kappa shape index (κ3) is 2.97. The van der Waals surface area contributed by atoms with Crippen LogP contribution in [0.1, 0.15) is 0 Å². The molecule has 1 aromatic carbocycles. The largest absolute Gasteiger partial charge is 0.358 e. The summed E-state index contributed by atoms with van der Waals surface area (Å²) in [6.07, 6.45) is 5.52. The molecule has 0 unspecified atom stereocenters.